The predicted molar refractivity (Wildman–Crippen MR) is 57.0 cm³/mol. The maximum Gasteiger partial charge on any atom is 0.272 e. The highest BCUT2D eigenvalue weighted by atomic mass is 35.5. The average molecular weight is 235 g/mol. The van der Waals surface area contributed by atoms with E-state index in [0.717, 1.165) is 5.56 Å². The fourth-order valence-corrected chi connectivity index (χ4v) is 1.39. The van der Waals surface area contributed by atoms with Crippen molar-refractivity contribution in [2.24, 2.45) is 0 Å². The second kappa shape index (κ2) is 5.31. The lowest BCUT2D eigenvalue weighted by Crippen LogP contribution is -2.07. The third kappa shape index (κ3) is 3.67. The van der Waals surface area contributed by atoms with E-state index in [1.807, 2.05) is 19.9 Å². The van der Waals surface area contributed by atoms with Crippen molar-refractivity contribution in [1.82, 2.24) is 0 Å². The van der Waals surface area contributed by atoms with Crippen LogP contribution in [0.25, 0.3) is 0 Å². The molecule has 0 fully saturated rings. The molecular formula is C11H13ClF2O. The summed E-state index contributed by atoms with van der Waals surface area (Å²) in [5.41, 5.74) is 1.06. The maximum absolute atomic E-state index is 11.9. The van der Waals surface area contributed by atoms with Crippen molar-refractivity contribution in [2.75, 3.05) is 6.61 Å². The minimum atomic E-state index is -2.48. The molecule has 0 spiro atoms. The third-order valence-corrected chi connectivity index (χ3v) is 2.28. The summed E-state index contributed by atoms with van der Waals surface area (Å²) in [5.74, 6) is 0.660. The molecule has 15 heavy (non-hydrogen) atoms. The molecule has 0 unspecified atom stereocenters. The highest BCUT2D eigenvalue weighted by Crippen LogP contribution is 2.28. The molecule has 0 bridgehead atoms. The Morgan fingerprint density at radius 1 is 1.33 bits per heavy atom. The van der Waals surface area contributed by atoms with Gasteiger partial charge in [0.2, 0.25) is 0 Å². The van der Waals surface area contributed by atoms with Gasteiger partial charge >= 0.3 is 0 Å². The molecule has 0 atom stereocenters. The molecular weight excluding hydrogens is 222 g/mol. The number of hydrogen-bond donors (Lipinski definition) is 0. The van der Waals surface area contributed by atoms with Gasteiger partial charge in [-0.3, -0.25) is 0 Å². The number of rotatable bonds is 4. The molecule has 0 aliphatic carbocycles. The summed E-state index contributed by atoms with van der Waals surface area (Å²) in [6.45, 7) is 3.44. The molecule has 1 aromatic rings. The van der Waals surface area contributed by atoms with Crippen LogP contribution in [0, 0.1) is 0 Å². The summed E-state index contributed by atoms with van der Waals surface area (Å²) in [6.07, 6.45) is -2.48. The van der Waals surface area contributed by atoms with Gasteiger partial charge < -0.3 is 4.74 Å². The maximum atomic E-state index is 11.9. The van der Waals surface area contributed by atoms with E-state index in [1.54, 1.807) is 12.1 Å². The Labute approximate surface area is 93.0 Å². The first-order valence-electron chi connectivity index (χ1n) is 4.71. The zero-order chi connectivity index (χ0) is 11.4. The topological polar surface area (TPSA) is 9.23 Å². The molecule has 1 aromatic carbocycles. The zero-order valence-corrected chi connectivity index (χ0v) is 9.39. The van der Waals surface area contributed by atoms with Crippen molar-refractivity contribution in [2.45, 2.75) is 26.2 Å². The summed E-state index contributed by atoms with van der Waals surface area (Å²) in [6, 6.07) is 5.20. The lowest BCUT2D eigenvalue weighted by atomic mass is 10.0. The quantitative estimate of drug-likeness (QED) is 0.762. The van der Waals surface area contributed by atoms with Crippen molar-refractivity contribution >= 4 is 11.6 Å². The van der Waals surface area contributed by atoms with Crippen LogP contribution < -0.4 is 4.74 Å². The van der Waals surface area contributed by atoms with E-state index >= 15 is 0 Å². The van der Waals surface area contributed by atoms with E-state index in [-0.39, 0.29) is 0 Å². The first-order valence-corrected chi connectivity index (χ1v) is 5.09. The van der Waals surface area contributed by atoms with Gasteiger partial charge in [-0.1, -0.05) is 31.5 Å². The average Bonchev–Trinajstić information content (AvgIpc) is 2.15. The van der Waals surface area contributed by atoms with Crippen molar-refractivity contribution < 1.29 is 13.5 Å². The number of benzene rings is 1. The lowest BCUT2D eigenvalue weighted by Gasteiger charge is -2.10. The smallest absolute Gasteiger partial charge is 0.272 e. The van der Waals surface area contributed by atoms with Gasteiger partial charge in [0.05, 0.1) is 5.02 Å². The van der Waals surface area contributed by atoms with Gasteiger partial charge in [-0.05, 0) is 23.6 Å². The van der Waals surface area contributed by atoms with Gasteiger partial charge in [-0.15, -0.1) is 0 Å². The fraction of sp³-hybridized carbons (Fsp3) is 0.455. The van der Waals surface area contributed by atoms with Gasteiger partial charge in [0.15, 0.2) is 0 Å². The van der Waals surface area contributed by atoms with Crippen molar-refractivity contribution in [1.29, 1.82) is 0 Å². The summed E-state index contributed by atoms with van der Waals surface area (Å²) in [5, 5.41) is 0.377. The minimum absolute atomic E-state index is 0.307. The van der Waals surface area contributed by atoms with E-state index in [2.05, 4.69) is 0 Å². The van der Waals surface area contributed by atoms with Crippen LogP contribution in [0.1, 0.15) is 25.3 Å². The van der Waals surface area contributed by atoms with Crippen LogP contribution in [-0.4, -0.2) is 13.0 Å². The molecule has 0 saturated carbocycles. The molecule has 0 radical (unpaired) electrons. The van der Waals surface area contributed by atoms with Gasteiger partial charge in [-0.25, -0.2) is 8.78 Å². The van der Waals surface area contributed by atoms with Gasteiger partial charge in [0.25, 0.3) is 6.43 Å². The number of ether oxygens (including phenoxy) is 1. The summed E-state index contributed by atoms with van der Waals surface area (Å²) >= 11 is 5.89. The molecule has 0 aliphatic rings. The molecule has 4 heteroatoms. The van der Waals surface area contributed by atoms with Crippen LogP contribution in [-0.2, 0) is 0 Å². The van der Waals surface area contributed by atoms with Crippen LogP contribution in [0.2, 0.25) is 5.02 Å². The predicted octanol–water partition coefficient (Wildman–Crippen LogP) is 4.11. The summed E-state index contributed by atoms with van der Waals surface area (Å²) < 4.78 is 28.6. The van der Waals surface area contributed by atoms with Crippen LogP contribution in [0.5, 0.6) is 5.75 Å². The second-order valence-electron chi connectivity index (χ2n) is 3.55. The Bertz CT molecular complexity index is 326. The van der Waals surface area contributed by atoms with E-state index in [1.165, 1.54) is 0 Å². The van der Waals surface area contributed by atoms with E-state index < -0.39 is 13.0 Å². The molecule has 0 saturated heterocycles. The highest BCUT2D eigenvalue weighted by molar-refractivity contribution is 6.32. The molecule has 84 valence electrons. The Balaban J connectivity index is 2.75. The summed E-state index contributed by atoms with van der Waals surface area (Å²) in [4.78, 5) is 0. The van der Waals surface area contributed by atoms with Gasteiger partial charge in [-0.2, -0.15) is 0 Å². The van der Waals surface area contributed by atoms with Crippen LogP contribution in [0.3, 0.4) is 0 Å². The molecule has 1 nitrogen and oxygen atoms in total. The first kappa shape index (κ1) is 12.2. The minimum Gasteiger partial charge on any atom is -0.486 e. The Morgan fingerprint density at radius 3 is 2.47 bits per heavy atom. The zero-order valence-electron chi connectivity index (χ0n) is 8.64. The van der Waals surface area contributed by atoms with E-state index in [4.69, 9.17) is 16.3 Å². The fourth-order valence-electron chi connectivity index (χ4n) is 1.15. The van der Waals surface area contributed by atoms with Crippen LogP contribution in [0.4, 0.5) is 8.78 Å². The number of alkyl halides is 2. The SMILES string of the molecule is CC(C)c1ccc(OCC(F)F)c(Cl)c1. The largest absolute Gasteiger partial charge is 0.486 e. The Kier molecular flexibility index (Phi) is 4.33. The molecule has 0 amide bonds. The van der Waals surface area contributed by atoms with Crippen molar-refractivity contribution in [3.8, 4) is 5.75 Å². The lowest BCUT2D eigenvalue weighted by molar-refractivity contribution is 0.0819. The second-order valence-corrected chi connectivity index (χ2v) is 3.95. The van der Waals surface area contributed by atoms with Gasteiger partial charge in [0, 0.05) is 0 Å². The van der Waals surface area contributed by atoms with Crippen molar-refractivity contribution in [3.05, 3.63) is 28.8 Å². The standard InChI is InChI=1S/C11H13ClF2O/c1-7(2)8-3-4-10(9(12)5-8)15-6-11(13)14/h3-5,7,11H,6H2,1-2H3. The van der Waals surface area contributed by atoms with E-state index in [9.17, 15) is 8.78 Å². The van der Waals surface area contributed by atoms with Crippen molar-refractivity contribution in [3.63, 3.8) is 0 Å². The molecule has 0 N–H and O–H groups in total. The molecule has 1 rings (SSSR count). The molecule has 0 heterocycles. The number of hydrogen-bond acceptors (Lipinski definition) is 1. The first-order chi connectivity index (χ1) is 7.00. The number of halogens is 3. The normalized spacial score (nSPS) is 11.1. The monoisotopic (exact) mass is 234 g/mol. The Hall–Kier alpha value is -0.830. The molecule has 0 aromatic heterocycles. The Morgan fingerprint density at radius 2 is 2.00 bits per heavy atom. The van der Waals surface area contributed by atoms with Crippen LogP contribution >= 0.6 is 11.6 Å². The van der Waals surface area contributed by atoms with Crippen LogP contribution in [0.15, 0.2) is 18.2 Å². The highest BCUT2D eigenvalue weighted by Gasteiger charge is 2.08. The molecule has 0 aliphatic heterocycles. The van der Waals surface area contributed by atoms with Gasteiger partial charge in [0.1, 0.15) is 12.4 Å². The summed E-state index contributed by atoms with van der Waals surface area (Å²) in [7, 11) is 0. The van der Waals surface area contributed by atoms with E-state index in [0.29, 0.717) is 16.7 Å². The third-order valence-electron chi connectivity index (χ3n) is 1.99.